The molecule has 1 aliphatic rings. The molecule has 92 valence electrons. The van der Waals surface area contributed by atoms with Crippen LogP contribution in [-0.4, -0.2) is 22.2 Å². The van der Waals surface area contributed by atoms with Gasteiger partial charge in [-0.1, -0.05) is 12.1 Å². The Balaban J connectivity index is 2.10. The smallest absolute Gasteiger partial charge is 0.292 e. The van der Waals surface area contributed by atoms with E-state index in [1.54, 1.807) is 18.2 Å². The van der Waals surface area contributed by atoms with Crippen LogP contribution in [0.5, 0.6) is 0 Å². The number of anilines is 1. The van der Waals surface area contributed by atoms with E-state index in [-0.39, 0.29) is 22.8 Å². The van der Waals surface area contributed by atoms with Crippen molar-refractivity contribution in [3.63, 3.8) is 0 Å². The van der Waals surface area contributed by atoms with Crippen molar-refractivity contribution >= 4 is 11.4 Å². The number of nitro groups is 1. The van der Waals surface area contributed by atoms with Crippen LogP contribution < -0.4 is 5.32 Å². The van der Waals surface area contributed by atoms with Gasteiger partial charge < -0.3 is 10.4 Å². The summed E-state index contributed by atoms with van der Waals surface area (Å²) < 4.78 is 0. The molecule has 2 atom stereocenters. The zero-order valence-electron chi connectivity index (χ0n) is 9.50. The second-order valence-corrected chi connectivity index (χ2v) is 4.44. The van der Waals surface area contributed by atoms with Gasteiger partial charge in [0.05, 0.1) is 11.0 Å². The van der Waals surface area contributed by atoms with Crippen LogP contribution in [0.25, 0.3) is 0 Å². The van der Waals surface area contributed by atoms with Gasteiger partial charge in [-0.25, -0.2) is 0 Å². The third-order valence-corrected chi connectivity index (χ3v) is 3.11. The molecular formula is C12H16N2O3. The Hall–Kier alpha value is -1.62. The molecule has 0 aromatic heterocycles. The highest BCUT2D eigenvalue weighted by Crippen LogP contribution is 2.27. The van der Waals surface area contributed by atoms with E-state index >= 15 is 0 Å². The van der Waals surface area contributed by atoms with Gasteiger partial charge in [0.25, 0.3) is 5.69 Å². The molecule has 5 nitrogen and oxygen atoms in total. The van der Waals surface area contributed by atoms with Gasteiger partial charge in [0, 0.05) is 12.1 Å². The van der Waals surface area contributed by atoms with Crippen molar-refractivity contribution in [1.82, 2.24) is 0 Å². The number of rotatable bonds is 3. The minimum absolute atomic E-state index is 0.0903. The van der Waals surface area contributed by atoms with Crippen molar-refractivity contribution in [2.24, 2.45) is 0 Å². The Morgan fingerprint density at radius 3 is 2.82 bits per heavy atom. The highest BCUT2D eigenvalue weighted by molar-refractivity contribution is 5.61. The Kier molecular flexibility index (Phi) is 3.58. The molecule has 1 aliphatic carbocycles. The van der Waals surface area contributed by atoms with Crippen molar-refractivity contribution in [2.45, 2.75) is 37.8 Å². The van der Waals surface area contributed by atoms with E-state index in [2.05, 4.69) is 5.32 Å². The van der Waals surface area contributed by atoms with Crippen LogP contribution in [0.1, 0.15) is 25.7 Å². The Labute approximate surface area is 99.6 Å². The quantitative estimate of drug-likeness (QED) is 0.623. The largest absolute Gasteiger partial charge is 0.393 e. The van der Waals surface area contributed by atoms with Gasteiger partial charge in [0.2, 0.25) is 0 Å². The van der Waals surface area contributed by atoms with Crippen molar-refractivity contribution in [3.8, 4) is 0 Å². The summed E-state index contributed by atoms with van der Waals surface area (Å²) in [4.78, 5) is 10.5. The highest BCUT2D eigenvalue weighted by Gasteiger charge is 2.22. The number of aliphatic hydroxyl groups excluding tert-OH is 1. The number of para-hydroxylation sites is 2. The average molecular weight is 236 g/mol. The lowest BCUT2D eigenvalue weighted by Gasteiger charge is -2.27. The Morgan fingerprint density at radius 1 is 1.35 bits per heavy atom. The SMILES string of the molecule is O=[N+]([O-])c1ccccc1N[C@@H]1CCC[C@@H](O)C1. The summed E-state index contributed by atoms with van der Waals surface area (Å²) in [6, 6.07) is 6.74. The van der Waals surface area contributed by atoms with Crippen LogP contribution >= 0.6 is 0 Å². The molecule has 0 aliphatic heterocycles. The van der Waals surface area contributed by atoms with E-state index in [0.29, 0.717) is 12.1 Å². The molecule has 0 spiro atoms. The maximum Gasteiger partial charge on any atom is 0.292 e. The molecular weight excluding hydrogens is 220 g/mol. The van der Waals surface area contributed by atoms with Gasteiger partial charge in [-0.15, -0.1) is 0 Å². The standard InChI is InChI=1S/C12H16N2O3/c15-10-5-3-4-9(8-10)13-11-6-1-2-7-12(11)14(16)17/h1-2,6-7,9-10,13,15H,3-5,8H2/t9-,10-/m1/s1. The molecule has 0 saturated heterocycles. The van der Waals surface area contributed by atoms with E-state index in [0.717, 1.165) is 19.3 Å². The Morgan fingerprint density at radius 2 is 2.12 bits per heavy atom. The first-order valence-corrected chi connectivity index (χ1v) is 5.85. The van der Waals surface area contributed by atoms with Crippen molar-refractivity contribution in [3.05, 3.63) is 34.4 Å². The molecule has 17 heavy (non-hydrogen) atoms. The topological polar surface area (TPSA) is 75.4 Å². The molecule has 1 aromatic carbocycles. The molecule has 1 aromatic rings. The van der Waals surface area contributed by atoms with Crippen LogP contribution in [0, 0.1) is 10.1 Å². The lowest BCUT2D eigenvalue weighted by Crippen LogP contribution is -2.30. The van der Waals surface area contributed by atoms with E-state index in [4.69, 9.17) is 0 Å². The fourth-order valence-electron chi connectivity index (χ4n) is 2.27. The van der Waals surface area contributed by atoms with E-state index in [1.165, 1.54) is 6.07 Å². The lowest BCUT2D eigenvalue weighted by atomic mass is 9.93. The van der Waals surface area contributed by atoms with Gasteiger partial charge in [-0.05, 0) is 31.7 Å². The second kappa shape index (κ2) is 5.14. The predicted molar refractivity (Wildman–Crippen MR) is 65.0 cm³/mol. The van der Waals surface area contributed by atoms with Crippen molar-refractivity contribution in [2.75, 3.05) is 5.32 Å². The van der Waals surface area contributed by atoms with Gasteiger partial charge >= 0.3 is 0 Å². The molecule has 0 unspecified atom stereocenters. The molecule has 0 bridgehead atoms. The zero-order valence-corrected chi connectivity index (χ0v) is 9.50. The summed E-state index contributed by atoms with van der Waals surface area (Å²) in [5, 5.41) is 23.6. The molecule has 0 heterocycles. The van der Waals surface area contributed by atoms with Crippen LogP contribution in [0.15, 0.2) is 24.3 Å². The van der Waals surface area contributed by atoms with Gasteiger partial charge in [0.1, 0.15) is 5.69 Å². The van der Waals surface area contributed by atoms with Crippen molar-refractivity contribution < 1.29 is 10.0 Å². The van der Waals surface area contributed by atoms with Gasteiger partial charge in [-0.3, -0.25) is 10.1 Å². The average Bonchev–Trinajstić information content (AvgIpc) is 2.29. The lowest BCUT2D eigenvalue weighted by molar-refractivity contribution is -0.384. The molecule has 0 amide bonds. The van der Waals surface area contributed by atoms with Crippen LogP contribution in [-0.2, 0) is 0 Å². The third kappa shape index (κ3) is 2.94. The number of nitro benzene ring substituents is 1. The van der Waals surface area contributed by atoms with Gasteiger partial charge in [-0.2, -0.15) is 0 Å². The number of benzene rings is 1. The predicted octanol–water partition coefficient (Wildman–Crippen LogP) is 2.31. The maximum absolute atomic E-state index is 10.8. The number of aliphatic hydroxyl groups is 1. The summed E-state index contributed by atoms with van der Waals surface area (Å²) >= 11 is 0. The van der Waals surface area contributed by atoms with Crippen LogP contribution in [0.2, 0.25) is 0 Å². The first-order valence-electron chi connectivity index (χ1n) is 5.85. The summed E-state index contributed by atoms with van der Waals surface area (Å²) in [5.41, 5.74) is 0.629. The fourth-order valence-corrected chi connectivity index (χ4v) is 2.27. The highest BCUT2D eigenvalue weighted by atomic mass is 16.6. The van der Waals surface area contributed by atoms with E-state index < -0.39 is 0 Å². The third-order valence-electron chi connectivity index (χ3n) is 3.11. The molecule has 2 N–H and O–H groups in total. The Bertz CT molecular complexity index is 408. The summed E-state index contributed by atoms with van der Waals surface area (Å²) in [7, 11) is 0. The molecule has 5 heteroatoms. The normalized spacial score (nSPS) is 24.3. The molecule has 2 rings (SSSR count). The second-order valence-electron chi connectivity index (χ2n) is 4.44. The number of hydrogen-bond donors (Lipinski definition) is 2. The number of nitrogens with one attached hydrogen (secondary N) is 1. The van der Waals surface area contributed by atoms with Gasteiger partial charge in [0.15, 0.2) is 0 Å². The first kappa shape index (κ1) is 11.9. The number of nitrogens with zero attached hydrogens (tertiary/aromatic N) is 1. The number of hydrogen-bond acceptors (Lipinski definition) is 4. The van der Waals surface area contributed by atoms with E-state index in [1.807, 2.05) is 0 Å². The monoisotopic (exact) mass is 236 g/mol. The molecule has 1 saturated carbocycles. The zero-order chi connectivity index (χ0) is 12.3. The molecule has 1 fully saturated rings. The molecule has 0 radical (unpaired) electrons. The maximum atomic E-state index is 10.8. The minimum Gasteiger partial charge on any atom is -0.393 e. The summed E-state index contributed by atoms with van der Waals surface area (Å²) in [6.45, 7) is 0. The van der Waals surface area contributed by atoms with E-state index in [9.17, 15) is 15.2 Å². The first-order chi connectivity index (χ1) is 8.16. The van der Waals surface area contributed by atoms with Crippen LogP contribution in [0.3, 0.4) is 0 Å². The summed E-state index contributed by atoms with van der Waals surface area (Å²) in [6.07, 6.45) is 3.10. The fraction of sp³-hybridized carbons (Fsp3) is 0.500. The van der Waals surface area contributed by atoms with Crippen molar-refractivity contribution in [1.29, 1.82) is 0 Å². The summed E-state index contributed by atoms with van der Waals surface area (Å²) in [5.74, 6) is 0. The van der Waals surface area contributed by atoms with Crippen LogP contribution in [0.4, 0.5) is 11.4 Å². The minimum atomic E-state index is -0.387.